The van der Waals surface area contributed by atoms with E-state index in [0.29, 0.717) is 0 Å². The fraction of sp³-hybridized carbons (Fsp3) is 0.235. The number of esters is 2. The Labute approximate surface area is 133 Å². The molecule has 0 aliphatic carbocycles. The highest BCUT2D eigenvalue weighted by Gasteiger charge is 2.24. The maximum Gasteiger partial charge on any atom is 0.340 e. The number of rotatable bonds is 5. The smallest absolute Gasteiger partial charge is 0.340 e. The van der Waals surface area contributed by atoms with Gasteiger partial charge in [0.05, 0.1) is 24.3 Å². The Morgan fingerprint density at radius 2 is 1.52 bits per heavy atom. The summed E-state index contributed by atoms with van der Waals surface area (Å²) in [4.78, 5) is 28.2. The van der Waals surface area contributed by atoms with Gasteiger partial charge in [-0.2, -0.15) is 0 Å². The molecule has 1 aromatic heterocycles. The van der Waals surface area contributed by atoms with Gasteiger partial charge in [-0.15, -0.1) is 0 Å². The predicted molar refractivity (Wildman–Crippen MR) is 81.5 cm³/mol. The second-order valence-electron chi connectivity index (χ2n) is 4.53. The Kier molecular flexibility index (Phi) is 5.41. The Bertz CT molecular complexity index is 694. The van der Waals surface area contributed by atoms with Crippen molar-refractivity contribution in [2.45, 2.75) is 13.8 Å². The second-order valence-corrected chi connectivity index (χ2v) is 4.53. The van der Waals surface area contributed by atoms with E-state index in [1.807, 2.05) is 0 Å². The number of halogens is 1. The van der Waals surface area contributed by atoms with Crippen LogP contribution in [0, 0.1) is 5.82 Å². The van der Waals surface area contributed by atoms with Gasteiger partial charge in [0.2, 0.25) is 0 Å². The van der Waals surface area contributed by atoms with Gasteiger partial charge >= 0.3 is 11.9 Å². The minimum atomic E-state index is -0.676. The second kappa shape index (κ2) is 7.49. The molecule has 120 valence electrons. The summed E-state index contributed by atoms with van der Waals surface area (Å²) in [5.41, 5.74) is 0.265. The van der Waals surface area contributed by atoms with E-state index in [-0.39, 0.29) is 35.5 Å². The summed E-state index contributed by atoms with van der Waals surface area (Å²) in [5.74, 6) is -1.91. The fourth-order valence-corrected chi connectivity index (χ4v) is 2.14. The number of nitrogens with zero attached hydrogens (tertiary/aromatic N) is 1. The topological polar surface area (TPSA) is 65.5 Å². The molecule has 1 aromatic carbocycles. The van der Waals surface area contributed by atoms with Gasteiger partial charge in [-0.25, -0.2) is 14.0 Å². The van der Waals surface area contributed by atoms with Crippen molar-refractivity contribution in [2.75, 3.05) is 13.2 Å². The van der Waals surface area contributed by atoms with Crippen LogP contribution >= 0.6 is 0 Å². The largest absolute Gasteiger partial charge is 0.462 e. The van der Waals surface area contributed by atoms with Gasteiger partial charge in [-0.1, -0.05) is 18.2 Å². The van der Waals surface area contributed by atoms with Crippen molar-refractivity contribution in [3.8, 4) is 11.1 Å². The average Bonchev–Trinajstić information content (AvgIpc) is 2.55. The lowest BCUT2D eigenvalue weighted by atomic mass is 9.96. The molecule has 0 bridgehead atoms. The number of carbonyl (C=O) groups is 2. The molecule has 5 nitrogen and oxygen atoms in total. The molecular formula is C17H16FNO4. The third kappa shape index (κ3) is 3.53. The van der Waals surface area contributed by atoms with Crippen LogP contribution < -0.4 is 0 Å². The minimum Gasteiger partial charge on any atom is -0.462 e. The standard InChI is InChI=1S/C17H16FNO4/c1-3-22-16(20)12-9-19-10-13(17(21)23-4-2)15(12)11-7-5-6-8-14(11)18/h5-10H,3-4H2,1-2H3. The molecule has 23 heavy (non-hydrogen) atoms. The van der Waals surface area contributed by atoms with E-state index in [1.54, 1.807) is 19.9 Å². The SMILES string of the molecule is CCOC(=O)c1cncc(C(=O)OCC)c1-c1ccccc1F. The molecule has 0 N–H and O–H groups in total. The zero-order valence-electron chi connectivity index (χ0n) is 12.8. The van der Waals surface area contributed by atoms with Crippen molar-refractivity contribution in [1.29, 1.82) is 0 Å². The van der Waals surface area contributed by atoms with Crippen LogP contribution in [0.1, 0.15) is 34.6 Å². The summed E-state index contributed by atoms with van der Waals surface area (Å²) in [6.45, 7) is 3.62. The number of pyridine rings is 1. The molecule has 0 spiro atoms. The average molecular weight is 317 g/mol. The first-order chi connectivity index (χ1) is 11.1. The first-order valence-corrected chi connectivity index (χ1v) is 7.17. The van der Waals surface area contributed by atoms with Crippen molar-refractivity contribution in [3.05, 3.63) is 53.6 Å². The van der Waals surface area contributed by atoms with E-state index >= 15 is 0 Å². The number of ether oxygens (including phenoxy) is 2. The van der Waals surface area contributed by atoms with E-state index in [4.69, 9.17) is 9.47 Å². The normalized spacial score (nSPS) is 10.2. The minimum absolute atomic E-state index is 0.0162. The zero-order chi connectivity index (χ0) is 16.8. The summed E-state index contributed by atoms with van der Waals surface area (Å²) >= 11 is 0. The van der Waals surface area contributed by atoms with Crippen molar-refractivity contribution in [2.24, 2.45) is 0 Å². The van der Waals surface area contributed by atoms with Crippen molar-refractivity contribution < 1.29 is 23.5 Å². The highest BCUT2D eigenvalue weighted by Crippen LogP contribution is 2.30. The maximum absolute atomic E-state index is 14.2. The van der Waals surface area contributed by atoms with E-state index in [9.17, 15) is 14.0 Å². The molecule has 0 atom stereocenters. The highest BCUT2D eigenvalue weighted by molar-refractivity contribution is 6.05. The fourth-order valence-electron chi connectivity index (χ4n) is 2.14. The van der Waals surface area contributed by atoms with Crippen molar-refractivity contribution in [3.63, 3.8) is 0 Å². The zero-order valence-corrected chi connectivity index (χ0v) is 12.8. The van der Waals surface area contributed by atoms with Crippen LogP contribution in [0.5, 0.6) is 0 Å². The van der Waals surface area contributed by atoms with Crippen LogP contribution in [0.3, 0.4) is 0 Å². The highest BCUT2D eigenvalue weighted by atomic mass is 19.1. The molecule has 0 unspecified atom stereocenters. The summed E-state index contributed by atoms with van der Waals surface area (Å²) in [7, 11) is 0. The summed E-state index contributed by atoms with van der Waals surface area (Å²) in [6.07, 6.45) is 2.50. The van der Waals surface area contributed by atoms with Gasteiger partial charge in [-0.3, -0.25) is 4.98 Å². The number of aromatic nitrogens is 1. The van der Waals surface area contributed by atoms with Crippen LogP contribution in [0.25, 0.3) is 11.1 Å². The van der Waals surface area contributed by atoms with E-state index in [1.165, 1.54) is 30.6 Å². The number of carbonyl (C=O) groups excluding carboxylic acids is 2. The summed E-state index contributed by atoms with van der Waals surface area (Å²) in [6, 6.07) is 5.87. The van der Waals surface area contributed by atoms with Gasteiger partial charge in [0.15, 0.2) is 0 Å². The third-order valence-corrected chi connectivity index (χ3v) is 3.08. The number of hydrogen-bond acceptors (Lipinski definition) is 5. The Hall–Kier alpha value is -2.76. The van der Waals surface area contributed by atoms with Crippen LogP contribution in [0.4, 0.5) is 4.39 Å². The van der Waals surface area contributed by atoms with Gasteiger partial charge < -0.3 is 9.47 Å². The first kappa shape index (κ1) is 16.6. The van der Waals surface area contributed by atoms with E-state index < -0.39 is 17.8 Å². The molecule has 0 fully saturated rings. The molecule has 6 heteroatoms. The monoisotopic (exact) mass is 317 g/mol. The Balaban J connectivity index is 2.70. The van der Waals surface area contributed by atoms with Crippen LogP contribution in [0.15, 0.2) is 36.7 Å². The molecule has 1 heterocycles. The van der Waals surface area contributed by atoms with Gasteiger partial charge in [0.25, 0.3) is 0 Å². The van der Waals surface area contributed by atoms with Crippen molar-refractivity contribution >= 4 is 11.9 Å². The Morgan fingerprint density at radius 1 is 1.00 bits per heavy atom. The Morgan fingerprint density at radius 3 is 2.00 bits per heavy atom. The van der Waals surface area contributed by atoms with E-state index in [0.717, 1.165) is 0 Å². The molecule has 2 rings (SSSR count). The summed E-state index contributed by atoms with van der Waals surface area (Å²) < 4.78 is 24.2. The lowest BCUT2D eigenvalue weighted by molar-refractivity contribution is 0.0526. The molecule has 0 aliphatic heterocycles. The molecule has 0 saturated heterocycles. The molecule has 0 radical (unpaired) electrons. The molecule has 2 aromatic rings. The van der Waals surface area contributed by atoms with Crippen LogP contribution in [-0.2, 0) is 9.47 Å². The molecular weight excluding hydrogens is 301 g/mol. The summed E-state index contributed by atoms with van der Waals surface area (Å²) in [5, 5.41) is 0. The molecule has 0 aliphatic rings. The molecule has 0 amide bonds. The maximum atomic E-state index is 14.2. The van der Waals surface area contributed by atoms with Gasteiger partial charge in [0, 0.05) is 23.5 Å². The number of benzene rings is 1. The lowest BCUT2D eigenvalue weighted by Crippen LogP contribution is -2.13. The predicted octanol–water partition coefficient (Wildman–Crippen LogP) is 3.24. The van der Waals surface area contributed by atoms with E-state index in [2.05, 4.69) is 4.98 Å². The van der Waals surface area contributed by atoms with Gasteiger partial charge in [0.1, 0.15) is 5.82 Å². The van der Waals surface area contributed by atoms with Gasteiger partial charge in [-0.05, 0) is 19.9 Å². The van der Waals surface area contributed by atoms with Crippen LogP contribution in [0.2, 0.25) is 0 Å². The third-order valence-electron chi connectivity index (χ3n) is 3.08. The lowest BCUT2D eigenvalue weighted by Gasteiger charge is -2.13. The quantitative estimate of drug-likeness (QED) is 0.792. The van der Waals surface area contributed by atoms with Crippen LogP contribution in [-0.4, -0.2) is 30.1 Å². The van der Waals surface area contributed by atoms with Crippen molar-refractivity contribution in [1.82, 2.24) is 4.98 Å². The number of hydrogen-bond donors (Lipinski definition) is 0. The molecule has 0 saturated carbocycles. The first-order valence-electron chi connectivity index (χ1n) is 7.17.